The zero-order valence-electron chi connectivity index (χ0n) is 25.7. The lowest BCUT2D eigenvalue weighted by molar-refractivity contribution is -0.192. The van der Waals surface area contributed by atoms with Crippen LogP contribution in [0.25, 0.3) is 11.1 Å². The van der Waals surface area contributed by atoms with Crippen LogP contribution in [-0.2, 0) is 24.7 Å². The average Bonchev–Trinajstić information content (AvgIpc) is 3.50. The van der Waals surface area contributed by atoms with Gasteiger partial charge in [-0.3, -0.25) is 5.41 Å². The minimum absolute atomic E-state index is 0.0167. The summed E-state index contributed by atoms with van der Waals surface area (Å²) in [6.45, 7) is 1.87. The first-order valence-corrected chi connectivity index (χ1v) is 18.8. The van der Waals surface area contributed by atoms with Crippen molar-refractivity contribution in [3.63, 3.8) is 0 Å². The quantitative estimate of drug-likeness (QED) is 0.0507. The van der Waals surface area contributed by atoms with E-state index in [0.29, 0.717) is 25.9 Å². The van der Waals surface area contributed by atoms with Crippen molar-refractivity contribution in [1.29, 1.82) is 5.41 Å². The molecule has 0 aliphatic carbocycles. The number of benzene rings is 3. The third-order valence-electron chi connectivity index (χ3n) is 6.36. The van der Waals surface area contributed by atoms with E-state index in [-0.39, 0.29) is 33.6 Å². The second-order valence-corrected chi connectivity index (χ2v) is 15.6. The molecule has 12 nitrogen and oxygen atoms in total. The second-order valence-electron chi connectivity index (χ2n) is 9.80. The third-order valence-corrected chi connectivity index (χ3v) is 12.2. The molecular weight excluding hydrogens is 728 g/mol. The van der Waals surface area contributed by atoms with E-state index in [0.717, 1.165) is 16.9 Å². The Hall–Kier alpha value is -4.43. The zero-order valence-corrected chi connectivity index (χ0v) is 28.9. The summed E-state index contributed by atoms with van der Waals surface area (Å²) in [7, 11) is -7.64. The molecule has 0 aliphatic heterocycles. The number of amidine groups is 1. The fourth-order valence-corrected chi connectivity index (χ4v) is 9.09. The largest absolute Gasteiger partial charge is 0.490 e. The Morgan fingerprint density at radius 1 is 0.939 bits per heavy atom. The highest BCUT2D eigenvalue weighted by Gasteiger charge is 2.38. The molecule has 0 aliphatic rings. The number of halogens is 3. The molecule has 0 bridgehead atoms. The van der Waals surface area contributed by atoms with E-state index < -0.39 is 38.0 Å². The average molecular weight is 758 g/mol. The van der Waals surface area contributed by atoms with Gasteiger partial charge >= 0.3 is 18.2 Å². The first-order valence-electron chi connectivity index (χ1n) is 13.8. The fraction of sp³-hybridized carbons (Fsp3) is 0.167. The summed E-state index contributed by atoms with van der Waals surface area (Å²) in [6.07, 6.45) is -3.32. The Balaban J connectivity index is 0.000000838. The first-order chi connectivity index (χ1) is 22.9. The van der Waals surface area contributed by atoms with Gasteiger partial charge in [-0.2, -0.15) is 13.2 Å². The lowest BCUT2D eigenvalue weighted by Gasteiger charge is -2.16. The number of hydrogen-bond acceptors (Lipinski definition) is 9. The van der Waals surface area contributed by atoms with Gasteiger partial charge < -0.3 is 21.5 Å². The van der Waals surface area contributed by atoms with Crippen molar-refractivity contribution in [1.82, 2.24) is 10.0 Å². The van der Waals surface area contributed by atoms with E-state index in [1.54, 1.807) is 54.8 Å². The van der Waals surface area contributed by atoms with Crippen LogP contribution in [0.5, 0.6) is 0 Å². The number of hydrogen-bond donors (Lipinski definition) is 6. The lowest BCUT2D eigenvalue weighted by Crippen LogP contribution is -2.36. The molecule has 0 fully saturated rings. The molecule has 1 aromatic heterocycles. The maximum atomic E-state index is 13.6. The van der Waals surface area contributed by atoms with Crippen molar-refractivity contribution in [2.24, 2.45) is 5.73 Å². The van der Waals surface area contributed by atoms with E-state index in [9.17, 15) is 34.8 Å². The molecule has 2 amide bonds. The van der Waals surface area contributed by atoms with E-state index >= 15 is 0 Å². The Morgan fingerprint density at radius 3 is 2.14 bits per heavy atom. The van der Waals surface area contributed by atoms with Gasteiger partial charge in [-0.1, -0.05) is 42.5 Å². The van der Waals surface area contributed by atoms with Gasteiger partial charge in [0.05, 0.1) is 29.5 Å². The normalized spacial score (nSPS) is 11.6. The van der Waals surface area contributed by atoms with Crippen LogP contribution in [0.15, 0.2) is 97.8 Å². The number of rotatable bonds is 11. The van der Waals surface area contributed by atoms with Crippen LogP contribution in [0.3, 0.4) is 0 Å². The Kier molecular flexibility index (Phi) is 13.0. The number of alkyl halides is 3. The number of nitrogens with two attached hydrogens (primary N) is 1. The number of anilines is 1. The van der Waals surface area contributed by atoms with E-state index in [1.807, 2.05) is 13.0 Å². The second kappa shape index (κ2) is 16.3. The maximum absolute atomic E-state index is 13.6. The smallest absolute Gasteiger partial charge is 0.475 e. The minimum atomic E-state index is -5.08. The summed E-state index contributed by atoms with van der Waals surface area (Å²) in [5.74, 6) is -2.96. The van der Waals surface area contributed by atoms with Crippen LogP contribution < -0.4 is 21.1 Å². The highest BCUT2D eigenvalue weighted by molar-refractivity contribution is 8.01. The number of amides is 2. The number of aliphatic carboxylic acids is 1. The summed E-state index contributed by atoms with van der Waals surface area (Å²) >= 11 is 2.42. The predicted molar refractivity (Wildman–Crippen MR) is 182 cm³/mol. The molecule has 1 heterocycles. The Labute approximate surface area is 288 Å². The molecule has 3 aromatic carbocycles. The Morgan fingerprint density at radius 2 is 1.55 bits per heavy atom. The molecule has 4 rings (SSSR count). The molecule has 19 heteroatoms. The number of carbonyl (C=O) groups excluding carboxylic acids is 1. The third kappa shape index (κ3) is 10.3. The van der Waals surface area contributed by atoms with Crippen LogP contribution in [0, 0.1) is 12.3 Å². The van der Waals surface area contributed by atoms with Crippen LogP contribution >= 0.6 is 23.1 Å². The molecule has 262 valence electrons. The SMILES string of the molecule is CSc1sc(C(=N)N)cc1S(=O)(=O)c1cccc(-c2c(C)cccc2NC(=O)NCCNS(=O)(=O)c2ccccc2)c1.O=C(O)C(F)(F)F. The summed E-state index contributed by atoms with van der Waals surface area (Å²) in [5, 5.41) is 20.3. The molecule has 7 N–H and O–H groups in total. The van der Waals surface area contributed by atoms with Crippen molar-refractivity contribution >= 4 is 66.5 Å². The van der Waals surface area contributed by atoms with Gasteiger partial charge in [0.15, 0.2) is 0 Å². The van der Waals surface area contributed by atoms with Crippen LogP contribution in [0.2, 0.25) is 0 Å². The van der Waals surface area contributed by atoms with Crippen LogP contribution in [0.4, 0.5) is 23.7 Å². The fourth-order valence-electron chi connectivity index (χ4n) is 4.13. The highest BCUT2D eigenvalue weighted by Crippen LogP contribution is 2.39. The Bertz CT molecular complexity index is 2060. The highest BCUT2D eigenvalue weighted by atomic mass is 32.2. The monoisotopic (exact) mass is 757 g/mol. The number of urea groups is 1. The molecular formula is C30H30F3N5O7S4. The number of nitrogens with one attached hydrogen (secondary N) is 4. The van der Waals surface area contributed by atoms with Gasteiger partial charge in [-0.25, -0.2) is 31.1 Å². The number of sulfonamides is 1. The first kappa shape index (κ1) is 39.0. The lowest BCUT2D eigenvalue weighted by atomic mass is 9.98. The molecule has 0 saturated carbocycles. The number of carbonyl (C=O) groups is 2. The van der Waals surface area contributed by atoms with Crippen molar-refractivity contribution in [3.8, 4) is 11.1 Å². The topological polar surface area (TPSA) is 209 Å². The van der Waals surface area contributed by atoms with Crippen molar-refractivity contribution in [3.05, 3.63) is 89.3 Å². The molecule has 4 aromatic rings. The van der Waals surface area contributed by atoms with Gasteiger partial charge in [-0.05, 0) is 60.7 Å². The number of thioether (sulfide) groups is 1. The zero-order chi connectivity index (χ0) is 36.6. The predicted octanol–water partition coefficient (Wildman–Crippen LogP) is 5.30. The number of thiophene rings is 1. The molecule has 0 atom stereocenters. The number of carboxylic acid groups (broad SMARTS) is 1. The summed E-state index contributed by atoms with van der Waals surface area (Å²) < 4.78 is 86.7. The molecule has 0 saturated heterocycles. The van der Waals surface area contributed by atoms with Crippen LogP contribution in [0.1, 0.15) is 10.4 Å². The van der Waals surface area contributed by atoms with Gasteiger partial charge in [0.25, 0.3) is 0 Å². The summed E-state index contributed by atoms with van der Waals surface area (Å²) in [6, 6.07) is 20.6. The van der Waals surface area contributed by atoms with Gasteiger partial charge in [-0.15, -0.1) is 23.1 Å². The number of aryl methyl sites for hydroxylation is 1. The van der Waals surface area contributed by atoms with Crippen molar-refractivity contribution < 1.29 is 44.7 Å². The molecule has 0 spiro atoms. The summed E-state index contributed by atoms with van der Waals surface area (Å²) in [4.78, 5) is 22.3. The van der Waals surface area contributed by atoms with Gasteiger partial charge in [0, 0.05) is 18.7 Å². The molecule has 0 radical (unpaired) electrons. The van der Waals surface area contributed by atoms with Crippen molar-refractivity contribution in [2.45, 2.75) is 32.0 Å². The number of carboxylic acids is 1. The van der Waals surface area contributed by atoms with Crippen molar-refractivity contribution in [2.75, 3.05) is 24.7 Å². The number of sulfone groups is 1. The van der Waals surface area contributed by atoms with E-state index in [2.05, 4.69) is 15.4 Å². The van der Waals surface area contributed by atoms with Crippen LogP contribution in [-0.4, -0.2) is 65.3 Å². The maximum Gasteiger partial charge on any atom is 0.490 e. The number of nitrogen functional groups attached to an aromatic ring is 1. The summed E-state index contributed by atoms with van der Waals surface area (Å²) in [5.41, 5.74) is 8.07. The van der Waals surface area contributed by atoms with E-state index in [4.69, 9.17) is 21.0 Å². The molecule has 0 unspecified atom stereocenters. The minimum Gasteiger partial charge on any atom is -0.475 e. The van der Waals surface area contributed by atoms with Gasteiger partial charge in [0.1, 0.15) is 5.84 Å². The van der Waals surface area contributed by atoms with E-state index in [1.165, 1.54) is 36.0 Å². The standard InChI is InChI=1S/C28H29N5O5S4.C2HF3O2/c1-18-8-6-13-22(33-28(34)31-14-15-32-42(37,38)20-10-4-3-5-11-20)25(18)19-9-7-12-21(16-19)41(35,36)24-17-23(26(29)30)40-27(24)39-2;3-2(4,5)1(6)7/h3-13,16-17,32H,14-15H2,1-2H3,(H3,29,30)(H2,31,33,34);(H,6,7). The van der Waals surface area contributed by atoms with Gasteiger partial charge in [0.2, 0.25) is 19.9 Å². The molecule has 49 heavy (non-hydrogen) atoms.